The van der Waals surface area contributed by atoms with Crippen LogP contribution in [0.15, 0.2) is 30.3 Å². The largest absolute Gasteiger partial charge is 0.117 e. The minimum Gasteiger partial charge on any atom is -0.117 e. The van der Waals surface area contributed by atoms with Crippen LogP contribution in [-0.2, 0) is 0 Å². The Morgan fingerprint density at radius 2 is 1.75 bits per heavy atom. The number of benzene rings is 1. The summed E-state index contributed by atoms with van der Waals surface area (Å²) in [6, 6.07) is 10.6. The van der Waals surface area contributed by atoms with Gasteiger partial charge in [0.1, 0.15) is 0 Å². The van der Waals surface area contributed by atoms with E-state index in [1.807, 2.05) is 0 Å². The Balaban J connectivity index is 2.25. The summed E-state index contributed by atoms with van der Waals surface area (Å²) in [5.41, 5.74) is 0. The van der Waals surface area contributed by atoms with E-state index in [9.17, 15) is 0 Å². The zero-order valence-corrected chi connectivity index (χ0v) is 8.94. The van der Waals surface area contributed by atoms with E-state index in [1.165, 1.54) is 5.30 Å². The Bertz CT molecular complexity index is 281. The molecule has 1 fully saturated rings. The van der Waals surface area contributed by atoms with E-state index in [4.69, 9.17) is 11.6 Å². The van der Waals surface area contributed by atoms with Crippen LogP contribution >= 0.6 is 19.5 Å². The minimum atomic E-state index is -0.0846. The van der Waals surface area contributed by atoms with Crippen LogP contribution in [0.2, 0.25) is 0 Å². The summed E-state index contributed by atoms with van der Waals surface area (Å²) >= 11 is 6.21. The highest BCUT2D eigenvalue weighted by Crippen LogP contribution is 2.75. The molecule has 0 aliphatic carbocycles. The van der Waals surface area contributed by atoms with Crippen LogP contribution in [0.3, 0.4) is 0 Å². The van der Waals surface area contributed by atoms with E-state index in [2.05, 4.69) is 44.2 Å². The van der Waals surface area contributed by atoms with Crippen LogP contribution < -0.4 is 5.30 Å². The molecule has 2 heteroatoms. The van der Waals surface area contributed by atoms with Crippen molar-refractivity contribution in [3.8, 4) is 0 Å². The molecule has 12 heavy (non-hydrogen) atoms. The van der Waals surface area contributed by atoms with E-state index in [0.29, 0.717) is 10.3 Å². The maximum atomic E-state index is 6.21. The van der Waals surface area contributed by atoms with Gasteiger partial charge in [-0.25, -0.2) is 0 Å². The van der Waals surface area contributed by atoms with Crippen LogP contribution in [0.1, 0.15) is 13.8 Å². The zero-order chi connectivity index (χ0) is 8.77. The first kappa shape index (κ1) is 8.53. The molecule has 0 aromatic heterocycles. The van der Waals surface area contributed by atoms with E-state index in [-0.39, 0.29) is 7.92 Å². The van der Waals surface area contributed by atoms with Gasteiger partial charge in [-0.15, -0.1) is 11.6 Å². The molecular weight excluding hydrogens is 187 g/mol. The average Bonchev–Trinajstić information content (AvgIpc) is 2.53. The molecule has 0 radical (unpaired) electrons. The summed E-state index contributed by atoms with van der Waals surface area (Å²) in [7, 11) is -0.0846. The van der Waals surface area contributed by atoms with Gasteiger partial charge in [-0.3, -0.25) is 0 Å². The first-order valence-electron chi connectivity index (χ1n) is 4.12. The SMILES string of the molecule is CC1(C)C(Cl)P1c1ccccc1. The Morgan fingerprint density at radius 1 is 1.25 bits per heavy atom. The van der Waals surface area contributed by atoms with Gasteiger partial charge in [0.05, 0.1) is 5.12 Å². The van der Waals surface area contributed by atoms with Crippen LogP contribution in [0.4, 0.5) is 0 Å². The fraction of sp³-hybridized carbons (Fsp3) is 0.400. The van der Waals surface area contributed by atoms with Gasteiger partial charge < -0.3 is 0 Å². The lowest BCUT2D eigenvalue weighted by molar-refractivity contribution is 0.872. The molecule has 0 amide bonds. The number of halogens is 1. The molecule has 0 spiro atoms. The predicted molar refractivity (Wildman–Crippen MR) is 56.7 cm³/mol. The third kappa shape index (κ3) is 1.18. The van der Waals surface area contributed by atoms with Gasteiger partial charge in [-0.1, -0.05) is 44.2 Å². The molecule has 1 aliphatic rings. The van der Waals surface area contributed by atoms with Gasteiger partial charge in [-0.05, 0) is 13.2 Å². The number of hydrogen-bond donors (Lipinski definition) is 0. The smallest absolute Gasteiger partial charge is 0.0673 e. The molecule has 2 atom stereocenters. The van der Waals surface area contributed by atoms with Crippen molar-refractivity contribution in [2.45, 2.75) is 24.1 Å². The molecule has 2 rings (SSSR count). The van der Waals surface area contributed by atoms with Gasteiger partial charge in [0.15, 0.2) is 0 Å². The molecule has 0 saturated carbocycles. The lowest BCUT2D eigenvalue weighted by atomic mass is 10.3. The highest BCUT2D eigenvalue weighted by Gasteiger charge is 2.57. The van der Waals surface area contributed by atoms with Crippen molar-refractivity contribution in [2.24, 2.45) is 0 Å². The van der Waals surface area contributed by atoms with Gasteiger partial charge in [0, 0.05) is 5.16 Å². The Morgan fingerprint density at radius 3 is 2.17 bits per heavy atom. The molecule has 1 saturated heterocycles. The first-order valence-corrected chi connectivity index (χ1v) is 5.97. The van der Waals surface area contributed by atoms with E-state index in [1.54, 1.807) is 0 Å². The van der Waals surface area contributed by atoms with E-state index >= 15 is 0 Å². The van der Waals surface area contributed by atoms with Crippen LogP contribution in [0.5, 0.6) is 0 Å². The molecular formula is C10H12ClP. The Hall–Kier alpha value is -0.0600. The van der Waals surface area contributed by atoms with Gasteiger partial charge in [-0.2, -0.15) is 0 Å². The lowest BCUT2D eigenvalue weighted by Gasteiger charge is -2.01. The topological polar surface area (TPSA) is 0 Å². The molecule has 0 N–H and O–H groups in total. The van der Waals surface area contributed by atoms with Crippen molar-refractivity contribution in [1.29, 1.82) is 0 Å². The van der Waals surface area contributed by atoms with Crippen LogP contribution in [0, 0.1) is 0 Å². The second-order valence-corrected chi connectivity index (χ2v) is 7.36. The molecule has 64 valence electrons. The normalized spacial score (nSPS) is 31.6. The van der Waals surface area contributed by atoms with Crippen molar-refractivity contribution >= 4 is 24.8 Å². The molecule has 2 unspecified atom stereocenters. The third-order valence-electron chi connectivity index (χ3n) is 2.40. The lowest BCUT2D eigenvalue weighted by Crippen LogP contribution is -1.99. The Labute approximate surface area is 79.7 Å². The van der Waals surface area contributed by atoms with Gasteiger partial charge in [0.2, 0.25) is 0 Å². The number of rotatable bonds is 1. The first-order chi connectivity index (χ1) is 5.64. The Kier molecular flexibility index (Phi) is 1.93. The van der Waals surface area contributed by atoms with E-state index < -0.39 is 0 Å². The van der Waals surface area contributed by atoms with Gasteiger partial charge in [0.25, 0.3) is 0 Å². The number of alkyl halides is 1. The summed E-state index contributed by atoms with van der Waals surface area (Å²) in [6.07, 6.45) is 0. The summed E-state index contributed by atoms with van der Waals surface area (Å²) in [5.74, 6) is 0. The fourth-order valence-electron chi connectivity index (χ4n) is 1.49. The molecule has 0 bridgehead atoms. The van der Waals surface area contributed by atoms with Crippen molar-refractivity contribution in [2.75, 3.05) is 0 Å². The van der Waals surface area contributed by atoms with E-state index in [0.717, 1.165) is 0 Å². The summed E-state index contributed by atoms with van der Waals surface area (Å²) in [4.78, 5) is 0. The minimum absolute atomic E-state index is 0.0846. The standard InChI is InChI=1S/C10H12ClP/c1-10(2)9(11)12(10)8-6-4-3-5-7-8/h3-7,9H,1-2H3. The summed E-state index contributed by atoms with van der Waals surface area (Å²) in [5, 5.41) is 2.19. The highest BCUT2D eigenvalue weighted by molar-refractivity contribution is 7.77. The zero-order valence-electron chi connectivity index (χ0n) is 7.29. The second-order valence-electron chi connectivity index (χ2n) is 3.70. The molecule has 1 aromatic rings. The van der Waals surface area contributed by atoms with Crippen molar-refractivity contribution in [1.82, 2.24) is 0 Å². The summed E-state index contributed by atoms with van der Waals surface area (Å²) in [6.45, 7) is 4.51. The maximum absolute atomic E-state index is 6.21. The predicted octanol–water partition coefficient (Wildman–Crippen LogP) is 3.15. The van der Waals surface area contributed by atoms with Crippen LogP contribution in [-0.4, -0.2) is 10.3 Å². The number of hydrogen-bond acceptors (Lipinski definition) is 0. The van der Waals surface area contributed by atoms with Crippen molar-refractivity contribution in [3.63, 3.8) is 0 Å². The summed E-state index contributed by atoms with van der Waals surface area (Å²) < 4.78 is 0. The molecule has 1 aromatic carbocycles. The third-order valence-corrected chi connectivity index (χ3v) is 6.86. The fourth-order valence-corrected chi connectivity index (χ4v) is 5.20. The van der Waals surface area contributed by atoms with Crippen molar-refractivity contribution < 1.29 is 0 Å². The molecule has 1 heterocycles. The van der Waals surface area contributed by atoms with Crippen molar-refractivity contribution in [3.05, 3.63) is 30.3 Å². The maximum Gasteiger partial charge on any atom is 0.0673 e. The monoisotopic (exact) mass is 198 g/mol. The average molecular weight is 199 g/mol. The van der Waals surface area contributed by atoms with Crippen LogP contribution in [0.25, 0.3) is 0 Å². The highest BCUT2D eigenvalue weighted by atomic mass is 35.5. The van der Waals surface area contributed by atoms with Gasteiger partial charge >= 0.3 is 0 Å². The molecule has 1 aliphatic heterocycles. The molecule has 0 nitrogen and oxygen atoms in total. The quantitative estimate of drug-likeness (QED) is 0.481. The second kappa shape index (κ2) is 2.72.